The van der Waals surface area contributed by atoms with Crippen molar-refractivity contribution in [3.8, 4) is 0 Å². The molecule has 0 aliphatic carbocycles. The first-order valence-corrected chi connectivity index (χ1v) is 9.13. The van der Waals surface area contributed by atoms with Gasteiger partial charge in [0.15, 0.2) is 0 Å². The molecular weight excluding hydrogens is 330 g/mol. The Morgan fingerprint density at radius 1 is 1.31 bits per heavy atom. The van der Waals surface area contributed by atoms with E-state index in [2.05, 4.69) is 27.1 Å². The standard InChI is InChI=1S/C19H25N5O2/c1-14-4-3-5-17(21-14)12-23-10-16-11-24(6-7-26-18(16)13-23)19(25)15-8-20-22(2)9-15/h3-5,8-9,16,18H,6-7,10-13H2,1-2H3/t16-,18-/m1/s1. The maximum absolute atomic E-state index is 12.8. The molecule has 0 unspecified atom stereocenters. The predicted molar refractivity (Wildman–Crippen MR) is 96.6 cm³/mol. The third-order valence-corrected chi connectivity index (χ3v) is 5.18. The van der Waals surface area contributed by atoms with Crippen LogP contribution in [-0.2, 0) is 18.3 Å². The SMILES string of the molecule is Cc1cccc(CN2C[C@@H]3CN(C(=O)c4cnn(C)c4)CCO[C@@H]3C2)n1. The van der Waals surface area contributed by atoms with E-state index in [0.717, 1.165) is 37.6 Å². The predicted octanol–water partition coefficient (Wildman–Crippen LogP) is 1.10. The minimum absolute atomic E-state index is 0.0427. The summed E-state index contributed by atoms with van der Waals surface area (Å²) < 4.78 is 7.73. The molecule has 7 heteroatoms. The quantitative estimate of drug-likeness (QED) is 0.825. The van der Waals surface area contributed by atoms with Gasteiger partial charge in [-0.15, -0.1) is 0 Å². The maximum atomic E-state index is 12.8. The fourth-order valence-corrected chi connectivity index (χ4v) is 3.92. The van der Waals surface area contributed by atoms with Crippen LogP contribution >= 0.6 is 0 Å². The molecule has 0 saturated carbocycles. The van der Waals surface area contributed by atoms with Gasteiger partial charge in [0.05, 0.1) is 30.2 Å². The monoisotopic (exact) mass is 355 g/mol. The molecule has 26 heavy (non-hydrogen) atoms. The van der Waals surface area contributed by atoms with Crippen LogP contribution in [0.3, 0.4) is 0 Å². The van der Waals surface area contributed by atoms with E-state index >= 15 is 0 Å². The van der Waals surface area contributed by atoms with Crippen molar-refractivity contribution in [3.05, 3.63) is 47.5 Å². The molecule has 4 rings (SSSR count). The zero-order valence-corrected chi connectivity index (χ0v) is 15.3. The number of aryl methyl sites for hydroxylation is 2. The van der Waals surface area contributed by atoms with E-state index in [9.17, 15) is 4.79 Å². The number of likely N-dealkylation sites (tertiary alicyclic amines) is 1. The first-order valence-electron chi connectivity index (χ1n) is 9.13. The normalized spacial score (nSPS) is 23.7. The second kappa shape index (κ2) is 7.17. The van der Waals surface area contributed by atoms with E-state index in [4.69, 9.17) is 4.74 Å². The number of hydrogen-bond acceptors (Lipinski definition) is 5. The van der Waals surface area contributed by atoms with Crippen molar-refractivity contribution < 1.29 is 9.53 Å². The summed E-state index contributed by atoms with van der Waals surface area (Å²) in [5.74, 6) is 0.379. The lowest BCUT2D eigenvalue weighted by molar-refractivity contribution is 0.0500. The van der Waals surface area contributed by atoms with Crippen LogP contribution in [0.15, 0.2) is 30.6 Å². The molecule has 4 heterocycles. The molecule has 138 valence electrons. The van der Waals surface area contributed by atoms with Crippen molar-refractivity contribution in [2.24, 2.45) is 13.0 Å². The van der Waals surface area contributed by atoms with Crippen LogP contribution in [0.4, 0.5) is 0 Å². The van der Waals surface area contributed by atoms with Gasteiger partial charge in [-0.05, 0) is 19.1 Å². The maximum Gasteiger partial charge on any atom is 0.257 e. The van der Waals surface area contributed by atoms with E-state index in [1.54, 1.807) is 17.1 Å². The number of nitrogens with zero attached hydrogens (tertiary/aromatic N) is 5. The highest BCUT2D eigenvalue weighted by atomic mass is 16.5. The van der Waals surface area contributed by atoms with Crippen LogP contribution in [0.2, 0.25) is 0 Å². The molecular formula is C19H25N5O2. The fourth-order valence-electron chi connectivity index (χ4n) is 3.92. The van der Waals surface area contributed by atoms with E-state index in [0.29, 0.717) is 24.6 Å². The average molecular weight is 355 g/mol. The summed E-state index contributed by atoms with van der Waals surface area (Å²) in [6, 6.07) is 6.14. The first kappa shape index (κ1) is 17.2. The van der Waals surface area contributed by atoms with Crippen LogP contribution in [-0.4, -0.2) is 69.4 Å². The molecule has 0 radical (unpaired) electrons. The number of rotatable bonds is 3. The Morgan fingerprint density at radius 3 is 2.96 bits per heavy atom. The summed E-state index contributed by atoms with van der Waals surface area (Å²) in [7, 11) is 1.83. The highest BCUT2D eigenvalue weighted by Crippen LogP contribution is 2.25. The molecule has 2 aliphatic rings. The van der Waals surface area contributed by atoms with Gasteiger partial charge in [0.25, 0.3) is 5.91 Å². The average Bonchev–Trinajstić information content (AvgIpc) is 3.15. The molecule has 1 amide bonds. The summed E-state index contributed by atoms with van der Waals surface area (Å²) in [6.07, 6.45) is 3.60. The van der Waals surface area contributed by atoms with Crippen molar-refractivity contribution in [2.75, 3.05) is 32.8 Å². The minimum Gasteiger partial charge on any atom is -0.375 e. The van der Waals surface area contributed by atoms with Gasteiger partial charge in [-0.3, -0.25) is 19.4 Å². The molecule has 2 atom stereocenters. The molecule has 2 aromatic heterocycles. The van der Waals surface area contributed by atoms with Gasteiger partial charge in [-0.1, -0.05) is 6.07 Å². The number of fused-ring (bicyclic) bond motifs is 1. The number of hydrogen-bond donors (Lipinski definition) is 0. The Balaban J connectivity index is 1.41. The second-order valence-electron chi connectivity index (χ2n) is 7.29. The van der Waals surface area contributed by atoms with Crippen molar-refractivity contribution >= 4 is 5.91 Å². The molecule has 2 fully saturated rings. The molecule has 0 spiro atoms. The highest BCUT2D eigenvalue weighted by molar-refractivity contribution is 5.93. The Morgan fingerprint density at radius 2 is 2.19 bits per heavy atom. The van der Waals surface area contributed by atoms with E-state index in [1.807, 2.05) is 24.9 Å². The summed E-state index contributed by atoms with van der Waals surface area (Å²) in [6.45, 7) is 6.63. The van der Waals surface area contributed by atoms with Gasteiger partial charge in [0.2, 0.25) is 0 Å². The van der Waals surface area contributed by atoms with Crippen LogP contribution in [0.25, 0.3) is 0 Å². The lowest BCUT2D eigenvalue weighted by Gasteiger charge is -2.23. The fraction of sp³-hybridized carbons (Fsp3) is 0.526. The number of carbonyl (C=O) groups excluding carboxylic acids is 1. The molecule has 0 aromatic carbocycles. The Bertz CT molecular complexity index is 790. The number of pyridine rings is 1. The minimum atomic E-state index is 0.0427. The number of carbonyl (C=O) groups is 1. The van der Waals surface area contributed by atoms with Crippen molar-refractivity contribution in [1.82, 2.24) is 24.6 Å². The van der Waals surface area contributed by atoms with E-state index in [1.165, 1.54) is 0 Å². The van der Waals surface area contributed by atoms with Crippen LogP contribution in [0.1, 0.15) is 21.7 Å². The van der Waals surface area contributed by atoms with Crippen LogP contribution < -0.4 is 0 Å². The van der Waals surface area contributed by atoms with Crippen molar-refractivity contribution in [3.63, 3.8) is 0 Å². The zero-order chi connectivity index (χ0) is 18.1. The van der Waals surface area contributed by atoms with Gasteiger partial charge >= 0.3 is 0 Å². The molecule has 7 nitrogen and oxygen atoms in total. The van der Waals surface area contributed by atoms with Crippen molar-refractivity contribution in [1.29, 1.82) is 0 Å². The summed E-state index contributed by atoms with van der Waals surface area (Å²) in [5.41, 5.74) is 2.77. The van der Waals surface area contributed by atoms with E-state index < -0.39 is 0 Å². The van der Waals surface area contributed by atoms with Gasteiger partial charge < -0.3 is 9.64 Å². The van der Waals surface area contributed by atoms with Gasteiger partial charge in [-0.25, -0.2) is 0 Å². The Labute approximate surface area is 153 Å². The number of amides is 1. The molecule has 2 aromatic rings. The second-order valence-corrected chi connectivity index (χ2v) is 7.29. The van der Waals surface area contributed by atoms with Crippen LogP contribution in [0.5, 0.6) is 0 Å². The Kier molecular flexibility index (Phi) is 4.74. The summed E-state index contributed by atoms with van der Waals surface area (Å²) >= 11 is 0. The van der Waals surface area contributed by atoms with Crippen molar-refractivity contribution in [2.45, 2.75) is 19.6 Å². The van der Waals surface area contributed by atoms with Gasteiger partial charge in [0.1, 0.15) is 0 Å². The molecule has 2 saturated heterocycles. The topological polar surface area (TPSA) is 63.5 Å². The Hall–Kier alpha value is -2.25. The number of ether oxygens (including phenoxy) is 1. The van der Waals surface area contributed by atoms with E-state index in [-0.39, 0.29) is 12.0 Å². The van der Waals surface area contributed by atoms with Crippen LogP contribution in [0, 0.1) is 12.8 Å². The van der Waals surface area contributed by atoms with Gasteiger partial charge in [-0.2, -0.15) is 5.10 Å². The third kappa shape index (κ3) is 3.64. The molecule has 0 bridgehead atoms. The zero-order valence-electron chi connectivity index (χ0n) is 15.3. The highest BCUT2D eigenvalue weighted by Gasteiger charge is 2.37. The lowest BCUT2D eigenvalue weighted by atomic mass is 10.1. The first-order chi connectivity index (χ1) is 12.6. The molecule has 0 N–H and O–H groups in total. The summed E-state index contributed by atoms with van der Waals surface area (Å²) in [4.78, 5) is 21.7. The third-order valence-electron chi connectivity index (χ3n) is 5.18. The van der Waals surface area contributed by atoms with Gasteiger partial charge in [0, 0.05) is 57.6 Å². The largest absolute Gasteiger partial charge is 0.375 e. The smallest absolute Gasteiger partial charge is 0.257 e. The number of aromatic nitrogens is 3. The molecule has 2 aliphatic heterocycles. The lowest BCUT2D eigenvalue weighted by Crippen LogP contribution is -2.37. The summed E-state index contributed by atoms with van der Waals surface area (Å²) in [5, 5.41) is 4.11.